The topological polar surface area (TPSA) is 67.9 Å². The average molecular weight is 300 g/mol. The van der Waals surface area contributed by atoms with Crippen molar-refractivity contribution >= 4 is 12.0 Å². The summed E-state index contributed by atoms with van der Waals surface area (Å²) in [6, 6.07) is -0.433. The summed E-state index contributed by atoms with van der Waals surface area (Å²) in [6.07, 6.45) is 0.320. The predicted octanol–water partition coefficient (Wildman–Crippen LogP) is 1.64. The van der Waals surface area contributed by atoms with Gasteiger partial charge in [-0.1, -0.05) is 27.7 Å². The lowest BCUT2D eigenvalue weighted by molar-refractivity contribution is -0.136. The first-order valence-electron chi connectivity index (χ1n) is 7.49. The van der Waals surface area contributed by atoms with Gasteiger partial charge in [0.05, 0.1) is 13.2 Å². The van der Waals surface area contributed by atoms with Gasteiger partial charge >= 0.3 is 6.09 Å². The first-order chi connectivity index (χ1) is 9.81. The third kappa shape index (κ3) is 4.33. The minimum absolute atomic E-state index is 0.00833. The van der Waals surface area contributed by atoms with Crippen LogP contribution in [-0.4, -0.2) is 55.9 Å². The molecule has 0 aliphatic carbocycles. The molecule has 2 amide bonds. The summed E-state index contributed by atoms with van der Waals surface area (Å²) in [5.74, 6) is 0.277. The van der Waals surface area contributed by atoms with Crippen molar-refractivity contribution in [1.82, 2.24) is 10.2 Å². The van der Waals surface area contributed by atoms with Crippen molar-refractivity contribution in [2.75, 3.05) is 20.8 Å². The SMILES string of the molecule is COC(=O)N[C@H](C(=O)N1C[C@@H](OC)CC1C(C)C)C(C)C. The van der Waals surface area contributed by atoms with Crippen LogP contribution in [-0.2, 0) is 14.3 Å². The number of methoxy groups -OCH3 is 2. The van der Waals surface area contributed by atoms with Crippen LogP contribution in [0.4, 0.5) is 4.79 Å². The van der Waals surface area contributed by atoms with E-state index in [1.165, 1.54) is 7.11 Å². The van der Waals surface area contributed by atoms with E-state index < -0.39 is 12.1 Å². The van der Waals surface area contributed by atoms with Gasteiger partial charge in [-0.15, -0.1) is 0 Å². The molecule has 1 heterocycles. The molecular weight excluding hydrogens is 272 g/mol. The van der Waals surface area contributed by atoms with Crippen LogP contribution in [0.15, 0.2) is 0 Å². The molecule has 0 saturated carbocycles. The van der Waals surface area contributed by atoms with Gasteiger partial charge in [0.1, 0.15) is 6.04 Å². The lowest BCUT2D eigenvalue weighted by Gasteiger charge is -2.32. The predicted molar refractivity (Wildman–Crippen MR) is 79.9 cm³/mol. The Morgan fingerprint density at radius 2 is 1.81 bits per heavy atom. The molecule has 1 aliphatic heterocycles. The molecule has 1 unspecified atom stereocenters. The number of hydrogen-bond donors (Lipinski definition) is 1. The van der Waals surface area contributed by atoms with Gasteiger partial charge in [0, 0.05) is 19.7 Å². The van der Waals surface area contributed by atoms with Crippen molar-refractivity contribution in [2.45, 2.75) is 52.3 Å². The fourth-order valence-electron chi connectivity index (χ4n) is 2.76. The minimum Gasteiger partial charge on any atom is -0.453 e. The number of nitrogens with zero attached hydrogens (tertiary/aromatic N) is 1. The number of hydrogen-bond acceptors (Lipinski definition) is 4. The number of ether oxygens (including phenoxy) is 2. The van der Waals surface area contributed by atoms with E-state index in [0.717, 1.165) is 6.42 Å². The highest BCUT2D eigenvalue weighted by atomic mass is 16.5. The van der Waals surface area contributed by atoms with Crippen molar-refractivity contribution in [1.29, 1.82) is 0 Å². The minimum atomic E-state index is -0.578. The standard InChI is InChI=1S/C15H28N2O4/c1-9(2)12-7-11(20-5)8-17(12)14(18)13(10(3)4)16-15(19)21-6/h9-13H,7-8H2,1-6H3,(H,16,19)/t11-,12?,13-/m0/s1. The Morgan fingerprint density at radius 1 is 1.19 bits per heavy atom. The number of rotatable bonds is 5. The summed E-state index contributed by atoms with van der Waals surface area (Å²) < 4.78 is 10.0. The van der Waals surface area contributed by atoms with Crippen LogP contribution >= 0.6 is 0 Å². The van der Waals surface area contributed by atoms with Gasteiger partial charge < -0.3 is 19.7 Å². The molecule has 6 heteroatoms. The largest absolute Gasteiger partial charge is 0.453 e. The second-order valence-electron chi connectivity index (χ2n) is 6.25. The number of amides is 2. The van der Waals surface area contributed by atoms with Crippen LogP contribution < -0.4 is 5.32 Å². The van der Waals surface area contributed by atoms with Gasteiger partial charge in [-0.05, 0) is 18.3 Å². The first-order valence-corrected chi connectivity index (χ1v) is 7.49. The Hall–Kier alpha value is -1.30. The molecule has 0 radical (unpaired) electrons. The van der Waals surface area contributed by atoms with Gasteiger partial charge in [0.25, 0.3) is 0 Å². The lowest BCUT2D eigenvalue weighted by Crippen LogP contribution is -2.53. The highest BCUT2D eigenvalue weighted by Crippen LogP contribution is 2.27. The maximum atomic E-state index is 12.8. The maximum Gasteiger partial charge on any atom is 0.407 e. The molecule has 1 N–H and O–H groups in total. The number of alkyl carbamates (subject to hydrolysis) is 1. The van der Waals surface area contributed by atoms with Crippen molar-refractivity contribution < 1.29 is 19.1 Å². The molecule has 0 aromatic heterocycles. The zero-order valence-electron chi connectivity index (χ0n) is 13.9. The Morgan fingerprint density at radius 3 is 2.24 bits per heavy atom. The van der Waals surface area contributed by atoms with Crippen LogP contribution in [0.3, 0.4) is 0 Å². The van der Waals surface area contributed by atoms with Gasteiger partial charge in [-0.3, -0.25) is 4.79 Å². The molecule has 122 valence electrons. The summed E-state index contributed by atoms with van der Waals surface area (Å²) in [5, 5.41) is 2.64. The normalized spacial score (nSPS) is 23.5. The van der Waals surface area contributed by atoms with E-state index in [4.69, 9.17) is 4.74 Å². The maximum absolute atomic E-state index is 12.8. The van der Waals surface area contributed by atoms with E-state index in [-0.39, 0.29) is 24.0 Å². The van der Waals surface area contributed by atoms with E-state index in [2.05, 4.69) is 23.9 Å². The van der Waals surface area contributed by atoms with Crippen molar-refractivity contribution in [3.8, 4) is 0 Å². The smallest absolute Gasteiger partial charge is 0.407 e. The summed E-state index contributed by atoms with van der Waals surface area (Å²) >= 11 is 0. The summed E-state index contributed by atoms with van der Waals surface area (Å²) in [5.41, 5.74) is 0. The third-order valence-corrected chi connectivity index (χ3v) is 4.08. The highest BCUT2D eigenvalue weighted by molar-refractivity contribution is 5.86. The zero-order valence-corrected chi connectivity index (χ0v) is 13.9. The Bertz CT molecular complexity index is 371. The van der Waals surface area contributed by atoms with Crippen LogP contribution in [0, 0.1) is 11.8 Å². The molecule has 0 aromatic rings. The molecule has 1 aliphatic rings. The van der Waals surface area contributed by atoms with Crippen molar-refractivity contribution in [3.05, 3.63) is 0 Å². The highest BCUT2D eigenvalue weighted by Gasteiger charge is 2.40. The summed E-state index contributed by atoms with van der Waals surface area (Å²) in [7, 11) is 2.97. The number of likely N-dealkylation sites (tertiary alicyclic amines) is 1. The van der Waals surface area contributed by atoms with E-state index in [1.807, 2.05) is 18.7 Å². The quantitative estimate of drug-likeness (QED) is 0.838. The van der Waals surface area contributed by atoms with E-state index in [9.17, 15) is 9.59 Å². The Balaban J connectivity index is 2.88. The molecule has 0 bridgehead atoms. The molecule has 1 fully saturated rings. The van der Waals surface area contributed by atoms with Crippen LogP contribution in [0.25, 0.3) is 0 Å². The fraction of sp³-hybridized carbons (Fsp3) is 0.867. The molecule has 0 aromatic carbocycles. The molecule has 0 spiro atoms. The fourth-order valence-corrected chi connectivity index (χ4v) is 2.76. The second kappa shape index (κ2) is 7.64. The second-order valence-corrected chi connectivity index (χ2v) is 6.25. The molecule has 21 heavy (non-hydrogen) atoms. The third-order valence-electron chi connectivity index (χ3n) is 4.08. The van der Waals surface area contributed by atoms with Gasteiger partial charge in [-0.2, -0.15) is 0 Å². The van der Waals surface area contributed by atoms with Crippen LogP contribution in [0.1, 0.15) is 34.1 Å². The zero-order chi connectivity index (χ0) is 16.2. The van der Waals surface area contributed by atoms with Crippen LogP contribution in [0.5, 0.6) is 0 Å². The molecular formula is C15H28N2O4. The Labute approximate surface area is 127 Å². The average Bonchev–Trinajstić information content (AvgIpc) is 2.87. The summed E-state index contributed by atoms with van der Waals surface area (Å²) in [6.45, 7) is 8.59. The van der Waals surface area contributed by atoms with Crippen molar-refractivity contribution in [2.24, 2.45) is 11.8 Å². The molecule has 1 saturated heterocycles. The number of carbonyl (C=O) groups excluding carboxylic acids is 2. The van der Waals surface area contributed by atoms with Crippen molar-refractivity contribution in [3.63, 3.8) is 0 Å². The lowest BCUT2D eigenvalue weighted by atomic mass is 9.98. The van der Waals surface area contributed by atoms with E-state index in [1.54, 1.807) is 7.11 Å². The first kappa shape index (κ1) is 17.8. The van der Waals surface area contributed by atoms with E-state index in [0.29, 0.717) is 12.5 Å². The molecule has 1 rings (SSSR count). The van der Waals surface area contributed by atoms with Gasteiger partial charge in [-0.25, -0.2) is 4.79 Å². The van der Waals surface area contributed by atoms with Gasteiger partial charge in [0.15, 0.2) is 0 Å². The summed E-state index contributed by atoms with van der Waals surface area (Å²) in [4.78, 5) is 26.1. The number of carbonyl (C=O) groups is 2. The Kier molecular flexibility index (Phi) is 6.45. The number of nitrogens with one attached hydrogen (secondary N) is 1. The molecule has 6 nitrogen and oxygen atoms in total. The molecule has 3 atom stereocenters. The monoisotopic (exact) mass is 300 g/mol. The van der Waals surface area contributed by atoms with E-state index >= 15 is 0 Å². The van der Waals surface area contributed by atoms with Crippen LogP contribution in [0.2, 0.25) is 0 Å². The van der Waals surface area contributed by atoms with Gasteiger partial charge in [0.2, 0.25) is 5.91 Å².